The Bertz CT molecular complexity index is 682. The van der Waals surface area contributed by atoms with E-state index in [1.165, 1.54) is 4.31 Å². The highest BCUT2D eigenvalue weighted by molar-refractivity contribution is 7.89. The minimum absolute atomic E-state index is 0.224. The van der Waals surface area contributed by atoms with Gasteiger partial charge in [0.2, 0.25) is 10.0 Å². The molecule has 7 nitrogen and oxygen atoms in total. The number of aromatic nitrogens is 2. The van der Waals surface area contributed by atoms with Crippen LogP contribution in [0.5, 0.6) is 0 Å². The van der Waals surface area contributed by atoms with Gasteiger partial charge in [0.15, 0.2) is 0 Å². The maximum Gasteiger partial charge on any atom is 0.217 e. The lowest BCUT2D eigenvalue weighted by Gasteiger charge is -2.24. The normalized spacial score (nSPS) is 22.4. The van der Waals surface area contributed by atoms with Crippen molar-refractivity contribution in [1.82, 2.24) is 19.6 Å². The molecule has 1 atom stereocenters. The summed E-state index contributed by atoms with van der Waals surface area (Å²) in [5.41, 5.74) is 0.994. The van der Waals surface area contributed by atoms with E-state index in [9.17, 15) is 8.42 Å². The molecule has 1 saturated heterocycles. The molecule has 2 fully saturated rings. The van der Waals surface area contributed by atoms with Gasteiger partial charge in [-0.15, -0.1) is 0 Å². The summed E-state index contributed by atoms with van der Waals surface area (Å²) in [5, 5.41) is 6.24. The predicted molar refractivity (Wildman–Crippen MR) is 99.1 cm³/mol. The van der Waals surface area contributed by atoms with Crippen molar-refractivity contribution in [3.8, 4) is 0 Å². The lowest BCUT2D eigenvalue weighted by atomic mass is 9.96. The van der Waals surface area contributed by atoms with Crippen LogP contribution in [0.2, 0.25) is 0 Å². The van der Waals surface area contributed by atoms with Crippen molar-refractivity contribution < 1.29 is 8.42 Å². The van der Waals surface area contributed by atoms with Gasteiger partial charge in [-0.05, 0) is 32.2 Å². The molecule has 2 aliphatic rings. The molecule has 2 N–H and O–H groups in total. The maximum absolute atomic E-state index is 12.7. The van der Waals surface area contributed by atoms with Crippen LogP contribution in [0, 0.1) is 0 Å². The molecule has 1 aromatic rings. The Balaban J connectivity index is 1.78. The molecule has 140 valence electrons. The van der Waals surface area contributed by atoms with Crippen molar-refractivity contribution in [3.05, 3.63) is 17.6 Å². The fourth-order valence-electron chi connectivity index (χ4n) is 3.76. The largest absolute Gasteiger partial charge is 0.373 e. The Labute approximate surface area is 150 Å². The minimum Gasteiger partial charge on any atom is -0.373 e. The number of hydrogen-bond donors (Lipinski definition) is 2. The van der Waals surface area contributed by atoms with Gasteiger partial charge in [0.1, 0.15) is 11.6 Å². The van der Waals surface area contributed by atoms with Gasteiger partial charge in [-0.25, -0.2) is 18.4 Å². The Kier molecular flexibility index (Phi) is 5.91. The molecule has 0 bridgehead atoms. The first-order valence-electron chi connectivity index (χ1n) is 9.22. The molecule has 1 aromatic heterocycles. The van der Waals surface area contributed by atoms with E-state index >= 15 is 0 Å². The summed E-state index contributed by atoms with van der Waals surface area (Å²) < 4.78 is 26.9. The number of hydrogen-bond acceptors (Lipinski definition) is 6. The van der Waals surface area contributed by atoms with Crippen LogP contribution < -0.4 is 10.6 Å². The third-order valence-corrected chi connectivity index (χ3v) is 7.60. The van der Waals surface area contributed by atoms with Crippen molar-refractivity contribution in [2.24, 2.45) is 0 Å². The molecule has 1 unspecified atom stereocenters. The number of rotatable bonds is 6. The van der Waals surface area contributed by atoms with Crippen molar-refractivity contribution >= 4 is 15.8 Å². The van der Waals surface area contributed by atoms with E-state index in [0.717, 1.165) is 63.1 Å². The Morgan fingerprint density at radius 2 is 2.00 bits per heavy atom. The highest BCUT2D eigenvalue weighted by Gasteiger charge is 2.32. The van der Waals surface area contributed by atoms with Crippen LogP contribution in [0.25, 0.3) is 0 Å². The zero-order valence-electron chi connectivity index (χ0n) is 15.2. The van der Waals surface area contributed by atoms with Crippen molar-refractivity contribution in [2.75, 3.05) is 32.5 Å². The second kappa shape index (κ2) is 7.97. The lowest BCUT2D eigenvalue weighted by Crippen LogP contribution is -2.35. The van der Waals surface area contributed by atoms with E-state index in [4.69, 9.17) is 0 Å². The topological polar surface area (TPSA) is 87.2 Å². The van der Waals surface area contributed by atoms with E-state index < -0.39 is 10.0 Å². The monoisotopic (exact) mass is 367 g/mol. The number of nitrogens with one attached hydrogen (secondary N) is 2. The van der Waals surface area contributed by atoms with E-state index in [-0.39, 0.29) is 11.8 Å². The standard InChI is InChI=1S/C17H29N5O2S/c1-18-16-10-15(13-6-5-9-19-11-13)20-17(21-16)12-22(2)25(23,24)14-7-3-4-8-14/h10,13-14,19H,3-9,11-12H2,1-2H3,(H,18,20,21). The fourth-order valence-corrected chi connectivity index (χ4v) is 5.49. The second-order valence-electron chi connectivity index (χ2n) is 7.10. The van der Waals surface area contributed by atoms with Crippen molar-refractivity contribution in [1.29, 1.82) is 0 Å². The summed E-state index contributed by atoms with van der Waals surface area (Å²) in [6, 6.07) is 1.98. The first-order chi connectivity index (χ1) is 12.0. The van der Waals surface area contributed by atoms with Gasteiger partial charge in [0.25, 0.3) is 0 Å². The quantitative estimate of drug-likeness (QED) is 0.796. The molecule has 25 heavy (non-hydrogen) atoms. The molecular weight excluding hydrogens is 338 g/mol. The molecular formula is C17H29N5O2S. The molecule has 0 aromatic carbocycles. The van der Waals surface area contributed by atoms with E-state index in [0.29, 0.717) is 11.7 Å². The Morgan fingerprint density at radius 3 is 2.64 bits per heavy atom. The molecule has 3 rings (SSSR count). The SMILES string of the molecule is CNc1cc(C2CCCNC2)nc(CN(C)S(=O)(=O)C2CCCC2)n1. The van der Waals surface area contributed by atoms with Crippen LogP contribution in [0.4, 0.5) is 5.82 Å². The third-order valence-electron chi connectivity index (χ3n) is 5.29. The average Bonchev–Trinajstić information content (AvgIpc) is 3.17. The van der Waals surface area contributed by atoms with Gasteiger partial charge in [-0.1, -0.05) is 12.8 Å². The summed E-state index contributed by atoms with van der Waals surface area (Å²) in [6.07, 6.45) is 5.77. The minimum atomic E-state index is -3.27. The smallest absolute Gasteiger partial charge is 0.217 e. The average molecular weight is 368 g/mol. The highest BCUT2D eigenvalue weighted by Crippen LogP contribution is 2.28. The van der Waals surface area contributed by atoms with Crippen molar-refractivity contribution in [3.63, 3.8) is 0 Å². The zero-order valence-corrected chi connectivity index (χ0v) is 16.0. The predicted octanol–water partition coefficient (Wildman–Crippen LogP) is 1.69. The summed E-state index contributed by atoms with van der Waals surface area (Å²) in [5.74, 6) is 1.67. The van der Waals surface area contributed by atoms with E-state index in [2.05, 4.69) is 20.6 Å². The molecule has 1 aliphatic heterocycles. The first kappa shape index (κ1) is 18.5. The summed E-state index contributed by atoms with van der Waals surface area (Å²) in [7, 11) is 0.198. The number of piperidine rings is 1. The lowest BCUT2D eigenvalue weighted by molar-refractivity contribution is 0.436. The molecule has 0 radical (unpaired) electrons. The number of nitrogens with zero attached hydrogens (tertiary/aromatic N) is 3. The molecule has 1 saturated carbocycles. The third kappa shape index (κ3) is 4.30. The number of anilines is 1. The van der Waals surface area contributed by atoms with Crippen LogP contribution >= 0.6 is 0 Å². The Morgan fingerprint density at radius 1 is 1.24 bits per heavy atom. The molecule has 0 spiro atoms. The van der Waals surface area contributed by atoms with Crippen LogP contribution in [-0.4, -0.2) is 55.1 Å². The molecule has 8 heteroatoms. The maximum atomic E-state index is 12.7. The zero-order chi connectivity index (χ0) is 17.9. The van der Waals surface area contributed by atoms with Crippen LogP contribution in [-0.2, 0) is 16.6 Å². The summed E-state index contributed by atoms with van der Waals surface area (Å²) in [6.45, 7) is 2.19. The molecule has 1 aliphatic carbocycles. The summed E-state index contributed by atoms with van der Waals surface area (Å²) >= 11 is 0. The highest BCUT2D eigenvalue weighted by atomic mass is 32.2. The van der Waals surface area contributed by atoms with Gasteiger partial charge < -0.3 is 10.6 Å². The van der Waals surface area contributed by atoms with Gasteiger partial charge in [-0.2, -0.15) is 4.31 Å². The molecule has 0 amide bonds. The van der Waals surface area contributed by atoms with Crippen LogP contribution in [0.15, 0.2) is 6.07 Å². The first-order valence-corrected chi connectivity index (χ1v) is 10.7. The summed E-state index contributed by atoms with van der Waals surface area (Å²) in [4.78, 5) is 9.17. The Hall–Kier alpha value is -1.25. The van der Waals surface area contributed by atoms with Gasteiger partial charge >= 0.3 is 0 Å². The second-order valence-corrected chi connectivity index (χ2v) is 9.41. The van der Waals surface area contributed by atoms with Gasteiger partial charge in [0, 0.05) is 32.6 Å². The van der Waals surface area contributed by atoms with E-state index in [1.54, 1.807) is 7.05 Å². The van der Waals surface area contributed by atoms with Crippen LogP contribution in [0.1, 0.15) is 56.0 Å². The van der Waals surface area contributed by atoms with Crippen molar-refractivity contribution in [2.45, 2.75) is 56.2 Å². The van der Waals surface area contributed by atoms with Gasteiger partial charge in [0.05, 0.1) is 17.5 Å². The van der Waals surface area contributed by atoms with E-state index in [1.807, 2.05) is 13.1 Å². The number of sulfonamides is 1. The fraction of sp³-hybridized carbons (Fsp3) is 0.765. The molecule has 2 heterocycles. The van der Waals surface area contributed by atoms with Gasteiger partial charge in [-0.3, -0.25) is 0 Å². The van der Waals surface area contributed by atoms with Crippen LogP contribution in [0.3, 0.4) is 0 Å².